The molecule has 0 radical (unpaired) electrons. The second-order valence-electron chi connectivity index (χ2n) is 4.23. The molecule has 1 aliphatic rings. The Morgan fingerprint density at radius 2 is 2.33 bits per heavy atom. The Bertz CT molecular complexity index is 325. The van der Waals surface area contributed by atoms with Crippen LogP contribution >= 0.6 is 0 Å². The fourth-order valence-corrected chi connectivity index (χ4v) is 2.15. The maximum absolute atomic E-state index is 6.07. The summed E-state index contributed by atoms with van der Waals surface area (Å²) in [6, 6.07) is 0.240. The van der Waals surface area contributed by atoms with Crippen molar-refractivity contribution in [3.8, 4) is 0 Å². The molecule has 1 aliphatic heterocycles. The van der Waals surface area contributed by atoms with Crippen LogP contribution in [0.1, 0.15) is 25.7 Å². The van der Waals surface area contributed by atoms with Crippen molar-refractivity contribution in [2.45, 2.75) is 32.7 Å². The monoisotopic (exact) mass is 210 g/mol. The lowest BCUT2D eigenvalue weighted by atomic mass is 9.99. The Morgan fingerprint density at radius 1 is 1.53 bits per heavy atom. The number of anilines is 1. The Balaban J connectivity index is 2.02. The van der Waals surface area contributed by atoms with Crippen LogP contribution < -0.4 is 10.6 Å². The third kappa shape index (κ3) is 2.12. The van der Waals surface area contributed by atoms with Crippen LogP contribution in [0.5, 0.6) is 0 Å². The fraction of sp³-hybridized carbons (Fsp3) is 0.800. The lowest BCUT2D eigenvalue weighted by molar-refractivity contribution is 0.392. The molecular formula is C10H18N4O. The molecule has 1 saturated heterocycles. The van der Waals surface area contributed by atoms with Gasteiger partial charge in [-0.25, -0.2) is 0 Å². The van der Waals surface area contributed by atoms with Gasteiger partial charge < -0.3 is 15.2 Å². The minimum Gasteiger partial charge on any atom is -0.338 e. The molecule has 15 heavy (non-hydrogen) atoms. The molecule has 2 rings (SSSR count). The van der Waals surface area contributed by atoms with E-state index in [4.69, 9.17) is 10.3 Å². The molecule has 0 spiro atoms. The Morgan fingerprint density at radius 3 is 2.93 bits per heavy atom. The van der Waals surface area contributed by atoms with E-state index < -0.39 is 0 Å². The Hall–Kier alpha value is -1.10. The third-order valence-corrected chi connectivity index (χ3v) is 2.95. The zero-order valence-electron chi connectivity index (χ0n) is 9.31. The molecule has 0 amide bonds. The summed E-state index contributed by atoms with van der Waals surface area (Å²) in [7, 11) is 0. The van der Waals surface area contributed by atoms with Crippen molar-refractivity contribution in [3.05, 3.63) is 5.89 Å². The molecule has 2 heterocycles. The maximum Gasteiger partial charge on any atom is 0.266 e. The van der Waals surface area contributed by atoms with Crippen molar-refractivity contribution in [3.63, 3.8) is 0 Å². The SMILES string of the molecule is CCC[C@@H]1CN(c2noc(C)n2)C[C@H]1N. The van der Waals surface area contributed by atoms with Gasteiger partial charge in [0, 0.05) is 26.1 Å². The van der Waals surface area contributed by atoms with E-state index in [2.05, 4.69) is 22.0 Å². The van der Waals surface area contributed by atoms with Crippen molar-refractivity contribution in [2.75, 3.05) is 18.0 Å². The van der Waals surface area contributed by atoms with E-state index in [-0.39, 0.29) is 6.04 Å². The van der Waals surface area contributed by atoms with Gasteiger partial charge in [-0.3, -0.25) is 0 Å². The lowest BCUT2D eigenvalue weighted by Crippen LogP contribution is -2.29. The first-order chi connectivity index (χ1) is 7.20. The highest BCUT2D eigenvalue weighted by molar-refractivity contribution is 5.31. The number of nitrogens with zero attached hydrogens (tertiary/aromatic N) is 3. The number of aryl methyl sites for hydroxylation is 1. The molecule has 2 N–H and O–H groups in total. The summed E-state index contributed by atoms with van der Waals surface area (Å²) in [5.74, 6) is 1.85. The van der Waals surface area contributed by atoms with Gasteiger partial charge in [0.05, 0.1) is 0 Å². The molecule has 0 aromatic carbocycles. The molecule has 5 heteroatoms. The van der Waals surface area contributed by atoms with Gasteiger partial charge in [0.2, 0.25) is 5.89 Å². The van der Waals surface area contributed by atoms with Crippen molar-refractivity contribution in [1.29, 1.82) is 0 Å². The van der Waals surface area contributed by atoms with Crippen molar-refractivity contribution < 1.29 is 4.52 Å². The van der Waals surface area contributed by atoms with Crippen LogP contribution in [0.15, 0.2) is 4.52 Å². The van der Waals surface area contributed by atoms with Gasteiger partial charge in [-0.2, -0.15) is 4.98 Å². The number of hydrogen-bond acceptors (Lipinski definition) is 5. The van der Waals surface area contributed by atoms with Crippen molar-refractivity contribution in [1.82, 2.24) is 10.1 Å². The molecule has 84 valence electrons. The third-order valence-electron chi connectivity index (χ3n) is 2.95. The van der Waals surface area contributed by atoms with E-state index in [1.54, 1.807) is 6.92 Å². The van der Waals surface area contributed by atoms with Gasteiger partial charge in [-0.1, -0.05) is 13.3 Å². The maximum atomic E-state index is 6.07. The van der Waals surface area contributed by atoms with Gasteiger partial charge in [0.15, 0.2) is 0 Å². The first kappa shape index (κ1) is 10.4. The van der Waals surface area contributed by atoms with E-state index in [0.717, 1.165) is 13.1 Å². The lowest BCUT2D eigenvalue weighted by Gasteiger charge is -2.12. The average Bonchev–Trinajstić information content (AvgIpc) is 2.75. The van der Waals surface area contributed by atoms with Crippen LogP contribution in [0.4, 0.5) is 5.95 Å². The molecule has 0 bridgehead atoms. The first-order valence-electron chi connectivity index (χ1n) is 5.51. The van der Waals surface area contributed by atoms with Gasteiger partial charge in [-0.15, -0.1) is 0 Å². The van der Waals surface area contributed by atoms with Crippen LogP contribution in [-0.4, -0.2) is 29.3 Å². The number of nitrogens with two attached hydrogens (primary N) is 1. The highest BCUT2D eigenvalue weighted by Gasteiger charge is 2.31. The normalized spacial score (nSPS) is 26.2. The summed E-state index contributed by atoms with van der Waals surface area (Å²) in [5.41, 5.74) is 6.07. The van der Waals surface area contributed by atoms with Crippen LogP contribution in [0.25, 0.3) is 0 Å². The molecule has 0 unspecified atom stereocenters. The predicted molar refractivity (Wildman–Crippen MR) is 57.6 cm³/mol. The van der Waals surface area contributed by atoms with E-state index in [9.17, 15) is 0 Å². The molecule has 0 aliphatic carbocycles. The molecule has 0 saturated carbocycles. The van der Waals surface area contributed by atoms with E-state index in [0.29, 0.717) is 17.8 Å². The zero-order valence-corrected chi connectivity index (χ0v) is 9.31. The largest absolute Gasteiger partial charge is 0.338 e. The summed E-state index contributed by atoms with van der Waals surface area (Å²) in [6.07, 6.45) is 2.35. The highest BCUT2D eigenvalue weighted by Crippen LogP contribution is 2.23. The van der Waals surface area contributed by atoms with E-state index in [1.165, 1.54) is 12.8 Å². The predicted octanol–water partition coefficient (Wildman–Crippen LogP) is 0.942. The average molecular weight is 210 g/mol. The first-order valence-corrected chi connectivity index (χ1v) is 5.51. The Labute approximate surface area is 89.6 Å². The van der Waals surface area contributed by atoms with Gasteiger partial charge >= 0.3 is 0 Å². The molecule has 1 aromatic heterocycles. The standard InChI is InChI=1S/C10H18N4O/c1-3-4-8-5-14(6-9(8)11)10-12-7(2)15-13-10/h8-9H,3-6,11H2,1-2H3/t8-,9-/m1/s1. The van der Waals surface area contributed by atoms with E-state index >= 15 is 0 Å². The van der Waals surface area contributed by atoms with Crippen molar-refractivity contribution >= 4 is 5.95 Å². The second-order valence-corrected chi connectivity index (χ2v) is 4.23. The zero-order chi connectivity index (χ0) is 10.8. The summed E-state index contributed by atoms with van der Waals surface area (Å²) in [5, 5.41) is 3.91. The molecule has 5 nitrogen and oxygen atoms in total. The summed E-state index contributed by atoms with van der Waals surface area (Å²) < 4.78 is 4.96. The van der Waals surface area contributed by atoms with Crippen LogP contribution in [0.2, 0.25) is 0 Å². The Kier molecular flexibility index (Phi) is 2.90. The quantitative estimate of drug-likeness (QED) is 0.804. The van der Waals surface area contributed by atoms with Gasteiger partial charge in [-0.05, 0) is 17.5 Å². The van der Waals surface area contributed by atoms with Gasteiger partial charge in [0.25, 0.3) is 5.95 Å². The van der Waals surface area contributed by atoms with Gasteiger partial charge in [0.1, 0.15) is 0 Å². The number of hydrogen-bond donors (Lipinski definition) is 1. The fourth-order valence-electron chi connectivity index (χ4n) is 2.15. The van der Waals surface area contributed by atoms with Crippen molar-refractivity contribution in [2.24, 2.45) is 11.7 Å². The highest BCUT2D eigenvalue weighted by atomic mass is 16.5. The topological polar surface area (TPSA) is 68.2 Å². The molecule has 1 fully saturated rings. The molecule has 2 atom stereocenters. The molecular weight excluding hydrogens is 192 g/mol. The molecule has 1 aromatic rings. The minimum atomic E-state index is 0.240. The number of aromatic nitrogens is 2. The minimum absolute atomic E-state index is 0.240. The summed E-state index contributed by atoms with van der Waals surface area (Å²) in [6.45, 7) is 5.78. The van der Waals surface area contributed by atoms with E-state index in [1.807, 2.05) is 0 Å². The second kappa shape index (κ2) is 4.18. The summed E-state index contributed by atoms with van der Waals surface area (Å²) >= 11 is 0. The van der Waals surface area contributed by atoms with Crippen LogP contribution in [0.3, 0.4) is 0 Å². The van der Waals surface area contributed by atoms with Crippen LogP contribution in [-0.2, 0) is 0 Å². The van der Waals surface area contributed by atoms with Crippen LogP contribution in [0, 0.1) is 12.8 Å². The number of rotatable bonds is 3. The summed E-state index contributed by atoms with van der Waals surface area (Å²) in [4.78, 5) is 6.33. The smallest absolute Gasteiger partial charge is 0.266 e.